The SMILES string of the molecule is CCCCOP(O)(=S)OCCCC.[Ho]. The predicted octanol–water partition coefficient (Wildman–Crippen LogP) is 2.84. The van der Waals surface area contributed by atoms with Crippen molar-refractivity contribution in [2.24, 2.45) is 0 Å². The summed E-state index contributed by atoms with van der Waals surface area (Å²) < 4.78 is 10.2. The fourth-order valence-corrected chi connectivity index (χ4v) is 1.93. The van der Waals surface area contributed by atoms with Crippen LogP contribution in [0.1, 0.15) is 39.5 Å². The first-order chi connectivity index (χ1) is 6.12. The van der Waals surface area contributed by atoms with Gasteiger partial charge in [-0.1, -0.05) is 26.7 Å². The molecule has 91 valence electrons. The summed E-state index contributed by atoms with van der Waals surface area (Å²) in [5.41, 5.74) is 0. The number of hydrogen-bond acceptors (Lipinski definition) is 3. The van der Waals surface area contributed by atoms with Crippen LogP contribution in [0, 0.1) is 37.7 Å². The molecule has 6 heteroatoms. The summed E-state index contributed by atoms with van der Waals surface area (Å²) >= 11 is 4.79. The molecule has 3 nitrogen and oxygen atoms in total. The van der Waals surface area contributed by atoms with E-state index in [2.05, 4.69) is 13.8 Å². The molecule has 0 atom stereocenters. The van der Waals surface area contributed by atoms with E-state index >= 15 is 0 Å². The Morgan fingerprint density at radius 2 is 1.43 bits per heavy atom. The van der Waals surface area contributed by atoms with Gasteiger partial charge in [0, 0.05) is 37.7 Å². The maximum Gasteiger partial charge on any atom is 0.324 e. The van der Waals surface area contributed by atoms with Gasteiger partial charge in [0.15, 0.2) is 0 Å². The van der Waals surface area contributed by atoms with E-state index in [1.54, 1.807) is 0 Å². The van der Waals surface area contributed by atoms with E-state index in [1.807, 2.05) is 0 Å². The van der Waals surface area contributed by atoms with Gasteiger partial charge in [0.1, 0.15) is 0 Å². The average Bonchev–Trinajstić information content (AvgIpc) is 2.05. The molecule has 0 unspecified atom stereocenters. The van der Waals surface area contributed by atoms with Crippen LogP contribution >= 0.6 is 6.72 Å². The molecule has 0 rings (SSSR count). The minimum absolute atomic E-state index is 0. The van der Waals surface area contributed by atoms with Gasteiger partial charge in [0.2, 0.25) is 0 Å². The first-order valence-corrected chi connectivity index (χ1v) is 7.33. The Hall–Kier alpha value is 1.79. The molecule has 0 amide bonds. The van der Waals surface area contributed by atoms with Gasteiger partial charge in [-0.15, -0.1) is 0 Å². The molecular formula is C8H19HoO3PS. The van der Waals surface area contributed by atoms with Crippen LogP contribution in [0.3, 0.4) is 0 Å². The van der Waals surface area contributed by atoms with Crippen molar-refractivity contribution in [1.82, 2.24) is 0 Å². The van der Waals surface area contributed by atoms with E-state index in [4.69, 9.17) is 20.9 Å². The summed E-state index contributed by atoms with van der Waals surface area (Å²) in [5, 5.41) is 0. The summed E-state index contributed by atoms with van der Waals surface area (Å²) in [6, 6.07) is 0. The molecule has 0 saturated heterocycles. The smallest absolute Gasteiger partial charge is 0.324 e. The zero-order chi connectivity index (χ0) is 10.2. The van der Waals surface area contributed by atoms with Crippen LogP contribution in [0.5, 0.6) is 0 Å². The van der Waals surface area contributed by atoms with Crippen LogP contribution in [0.25, 0.3) is 0 Å². The van der Waals surface area contributed by atoms with E-state index in [-0.39, 0.29) is 37.7 Å². The van der Waals surface area contributed by atoms with E-state index in [0.29, 0.717) is 13.2 Å². The molecule has 0 aliphatic rings. The summed E-state index contributed by atoms with van der Waals surface area (Å²) in [5.74, 6) is 0. The molecule has 1 radical (unpaired) electrons. The molecule has 0 bridgehead atoms. The van der Waals surface area contributed by atoms with Gasteiger partial charge >= 0.3 is 6.72 Å². The summed E-state index contributed by atoms with van der Waals surface area (Å²) in [6.45, 7) is 2.19. The molecule has 0 saturated carbocycles. The Kier molecular flexibility index (Phi) is 14.6. The number of hydrogen-bond donors (Lipinski definition) is 1. The van der Waals surface area contributed by atoms with Gasteiger partial charge < -0.3 is 13.9 Å². The first kappa shape index (κ1) is 18.2. The van der Waals surface area contributed by atoms with Crippen LogP contribution in [0.2, 0.25) is 0 Å². The van der Waals surface area contributed by atoms with Crippen LogP contribution in [-0.4, -0.2) is 18.1 Å². The Morgan fingerprint density at radius 1 is 1.07 bits per heavy atom. The van der Waals surface area contributed by atoms with Crippen LogP contribution in [-0.2, 0) is 20.9 Å². The van der Waals surface area contributed by atoms with Crippen molar-refractivity contribution in [2.45, 2.75) is 39.5 Å². The molecule has 1 N–H and O–H groups in total. The van der Waals surface area contributed by atoms with Crippen LogP contribution in [0.4, 0.5) is 0 Å². The number of unbranched alkanes of at least 4 members (excludes halogenated alkanes) is 2. The average molecular weight is 391 g/mol. The second-order valence-electron chi connectivity index (χ2n) is 2.84. The molecule has 0 aromatic carbocycles. The normalized spacial score (nSPS) is 11.1. The molecular weight excluding hydrogens is 372 g/mol. The monoisotopic (exact) mass is 391 g/mol. The fraction of sp³-hybridized carbons (Fsp3) is 1.00. The van der Waals surface area contributed by atoms with Crippen LogP contribution in [0.15, 0.2) is 0 Å². The standard InChI is InChI=1S/C8H19O3PS.Ho/c1-3-5-7-10-12(9,13)11-8-6-4-2;/h3-8H2,1-2H3,(H,9,13);. The third kappa shape index (κ3) is 11.9. The van der Waals surface area contributed by atoms with E-state index in [0.717, 1.165) is 25.7 Å². The Labute approximate surface area is 122 Å². The molecule has 14 heavy (non-hydrogen) atoms. The van der Waals surface area contributed by atoms with Crippen LogP contribution < -0.4 is 0 Å². The molecule has 0 spiro atoms. The molecule has 0 aromatic heterocycles. The van der Waals surface area contributed by atoms with E-state index < -0.39 is 6.72 Å². The van der Waals surface area contributed by atoms with Crippen molar-refractivity contribution in [3.05, 3.63) is 0 Å². The van der Waals surface area contributed by atoms with Crippen molar-refractivity contribution in [2.75, 3.05) is 13.2 Å². The Balaban J connectivity index is 0. The predicted molar refractivity (Wildman–Crippen MR) is 58.2 cm³/mol. The van der Waals surface area contributed by atoms with Gasteiger partial charge in [0.25, 0.3) is 0 Å². The van der Waals surface area contributed by atoms with Crippen molar-refractivity contribution in [1.29, 1.82) is 0 Å². The Bertz CT molecular complexity index is 155. The quantitative estimate of drug-likeness (QED) is 0.393. The van der Waals surface area contributed by atoms with E-state index in [9.17, 15) is 4.89 Å². The van der Waals surface area contributed by atoms with Gasteiger partial charge in [-0.05, 0) is 24.6 Å². The Morgan fingerprint density at radius 3 is 1.71 bits per heavy atom. The second-order valence-corrected chi connectivity index (χ2v) is 5.68. The zero-order valence-corrected chi connectivity index (χ0v) is 12.3. The second kappa shape index (κ2) is 11.3. The third-order valence-corrected chi connectivity index (χ3v) is 3.15. The molecule has 0 aliphatic heterocycles. The summed E-state index contributed by atoms with van der Waals surface area (Å²) in [6.07, 6.45) is 3.89. The molecule has 0 heterocycles. The topological polar surface area (TPSA) is 38.7 Å². The third-order valence-electron chi connectivity index (χ3n) is 1.50. The molecule has 0 aromatic rings. The maximum atomic E-state index is 9.45. The van der Waals surface area contributed by atoms with Gasteiger partial charge in [-0.25, -0.2) is 0 Å². The van der Waals surface area contributed by atoms with Crippen molar-refractivity contribution < 1.29 is 51.7 Å². The largest absolute Gasteiger partial charge is 0.324 e. The summed E-state index contributed by atoms with van der Waals surface area (Å²) in [7, 11) is 0. The molecule has 0 aliphatic carbocycles. The van der Waals surface area contributed by atoms with Crippen molar-refractivity contribution >= 4 is 18.5 Å². The minimum atomic E-state index is -2.92. The van der Waals surface area contributed by atoms with Crippen molar-refractivity contribution in [3.8, 4) is 0 Å². The molecule has 0 fully saturated rings. The van der Waals surface area contributed by atoms with Gasteiger partial charge in [0.05, 0.1) is 13.2 Å². The number of rotatable bonds is 8. The van der Waals surface area contributed by atoms with Crippen molar-refractivity contribution in [3.63, 3.8) is 0 Å². The fourth-order valence-electron chi connectivity index (χ4n) is 0.686. The van der Waals surface area contributed by atoms with Gasteiger partial charge in [-0.3, -0.25) is 0 Å². The minimum Gasteiger partial charge on any atom is -0.324 e. The zero-order valence-electron chi connectivity index (χ0n) is 8.66. The summed E-state index contributed by atoms with van der Waals surface area (Å²) in [4.78, 5) is 9.45. The van der Waals surface area contributed by atoms with E-state index in [1.165, 1.54) is 0 Å². The maximum absolute atomic E-state index is 9.45. The first-order valence-electron chi connectivity index (χ1n) is 4.74. The van der Waals surface area contributed by atoms with Gasteiger partial charge in [-0.2, -0.15) is 0 Å².